The third-order valence-corrected chi connectivity index (χ3v) is 6.45. The van der Waals surface area contributed by atoms with E-state index in [0.29, 0.717) is 10.9 Å². The molecule has 0 amide bonds. The molecular weight excluding hydrogens is 472 g/mol. The minimum absolute atomic E-state index is 0.442. The lowest BCUT2D eigenvalue weighted by Crippen LogP contribution is -2.29. The van der Waals surface area contributed by atoms with E-state index in [1.165, 1.54) is 12.8 Å². The number of carbonyl (C=O) groups excluding carboxylic acids is 1. The van der Waals surface area contributed by atoms with E-state index in [-0.39, 0.29) is 0 Å². The van der Waals surface area contributed by atoms with Gasteiger partial charge in [-0.1, -0.05) is 51.4 Å². The Hall–Kier alpha value is -2.37. The summed E-state index contributed by atoms with van der Waals surface area (Å²) in [5.41, 5.74) is 6.10. The fourth-order valence-electron chi connectivity index (χ4n) is 4.38. The quantitative estimate of drug-likeness (QED) is 0.297. The summed E-state index contributed by atoms with van der Waals surface area (Å²) in [5.74, 6) is 0.139. The number of rotatable bonds is 7. The first-order chi connectivity index (χ1) is 16.9. The minimum atomic E-state index is -0.911. The second kappa shape index (κ2) is 12.2. The average Bonchev–Trinajstić information content (AvgIpc) is 3.05. The van der Waals surface area contributed by atoms with Crippen molar-refractivity contribution in [2.75, 3.05) is 7.11 Å². The molecule has 36 heavy (non-hydrogen) atoms. The topological polar surface area (TPSA) is 53.4 Å². The van der Waals surface area contributed by atoms with Crippen LogP contribution in [-0.4, -0.2) is 28.2 Å². The molecule has 2 heterocycles. The van der Waals surface area contributed by atoms with Crippen LogP contribution < -0.4 is 0 Å². The Morgan fingerprint density at radius 1 is 1.08 bits per heavy atom. The van der Waals surface area contributed by atoms with E-state index in [9.17, 15) is 4.79 Å². The lowest BCUT2D eigenvalue weighted by atomic mass is 9.91. The molecule has 0 fully saturated rings. The molecule has 0 N–H and O–H groups in total. The smallest absolute Gasteiger partial charge is 0.339 e. The predicted molar refractivity (Wildman–Crippen MR) is 151 cm³/mol. The normalized spacial score (nSPS) is 12.5. The van der Waals surface area contributed by atoms with E-state index >= 15 is 0 Å². The fraction of sp³-hybridized carbons (Fsp3) is 0.533. The first-order valence-electron chi connectivity index (χ1n) is 12.9. The first-order valence-corrected chi connectivity index (χ1v) is 13.2. The van der Waals surface area contributed by atoms with Gasteiger partial charge in [-0.25, -0.2) is 9.78 Å². The standard InChI is InChI=1S/C28H37ClN2O3.C2H6/c1-16(2)14-15-31-19(5)17(3)22-24(20-10-12-21(29)13-11-20)23(18(4)30-26(22)31)25(27(32)33-9)34-28(6,7)8;1-2/h10-13,16,25H,14-15H2,1-9H3;1-2H3. The Kier molecular flexibility index (Phi) is 10.2. The number of ether oxygens (including phenoxy) is 2. The Morgan fingerprint density at radius 3 is 2.17 bits per heavy atom. The Balaban J connectivity index is 0.00000222. The number of fused-ring (bicyclic) bond motifs is 1. The summed E-state index contributed by atoms with van der Waals surface area (Å²) in [6.07, 6.45) is 0.145. The van der Waals surface area contributed by atoms with Gasteiger partial charge in [-0.3, -0.25) is 0 Å². The van der Waals surface area contributed by atoms with Crippen molar-refractivity contribution in [1.82, 2.24) is 9.55 Å². The number of aryl methyl sites for hydroxylation is 3. The molecule has 0 aliphatic rings. The Bertz CT molecular complexity index is 1190. The maximum absolute atomic E-state index is 13.0. The van der Waals surface area contributed by atoms with Gasteiger partial charge in [0.25, 0.3) is 0 Å². The Labute approximate surface area is 222 Å². The van der Waals surface area contributed by atoms with E-state index in [1.807, 2.05) is 65.8 Å². The van der Waals surface area contributed by atoms with Crippen molar-refractivity contribution in [3.8, 4) is 11.1 Å². The molecule has 0 saturated carbocycles. The van der Waals surface area contributed by atoms with E-state index in [1.54, 1.807) is 0 Å². The van der Waals surface area contributed by atoms with Crippen molar-refractivity contribution in [3.63, 3.8) is 0 Å². The van der Waals surface area contributed by atoms with Crippen LogP contribution in [0.4, 0.5) is 0 Å². The van der Waals surface area contributed by atoms with Crippen LogP contribution in [-0.2, 0) is 20.8 Å². The number of hydrogen-bond donors (Lipinski definition) is 0. The van der Waals surface area contributed by atoms with Crippen molar-refractivity contribution in [1.29, 1.82) is 0 Å². The number of esters is 1. The number of aromatic nitrogens is 2. The highest BCUT2D eigenvalue weighted by Gasteiger charge is 2.34. The van der Waals surface area contributed by atoms with E-state index in [4.69, 9.17) is 26.1 Å². The highest BCUT2D eigenvalue weighted by Crippen LogP contribution is 2.42. The second-order valence-corrected chi connectivity index (χ2v) is 10.8. The largest absolute Gasteiger partial charge is 0.467 e. The highest BCUT2D eigenvalue weighted by atomic mass is 35.5. The predicted octanol–water partition coefficient (Wildman–Crippen LogP) is 8.38. The maximum Gasteiger partial charge on any atom is 0.339 e. The summed E-state index contributed by atoms with van der Waals surface area (Å²) in [7, 11) is 1.39. The maximum atomic E-state index is 13.0. The molecular formula is C30H43ClN2O3. The molecule has 3 aromatic rings. The number of halogens is 1. The summed E-state index contributed by atoms with van der Waals surface area (Å²) >= 11 is 6.23. The zero-order chi connectivity index (χ0) is 27.4. The number of benzene rings is 1. The van der Waals surface area contributed by atoms with Crippen LogP contribution in [0, 0.1) is 26.7 Å². The molecule has 198 valence electrons. The lowest BCUT2D eigenvalue weighted by Gasteiger charge is -2.29. The van der Waals surface area contributed by atoms with Crippen molar-refractivity contribution >= 4 is 28.6 Å². The zero-order valence-corrected chi connectivity index (χ0v) is 24.6. The van der Waals surface area contributed by atoms with Crippen LogP contribution in [0.25, 0.3) is 22.2 Å². The molecule has 0 spiro atoms. The molecule has 1 unspecified atom stereocenters. The summed E-state index contributed by atoms with van der Waals surface area (Å²) in [4.78, 5) is 18.1. The number of pyridine rings is 1. The molecule has 2 aromatic heterocycles. The fourth-order valence-corrected chi connectivity index (χ4v) is 4.50. The molecule has 3 rings (SSSR count). The van der Waals surface area contributed by atoms with Crippen LogP contribution in [0.5, 0.6) is 0 Å². The highest BCUT2D eigenvalue weighted by molar-refractivity contribution is 6.30. The van der Waals surface area contributed by atoms with Gasteiger partial charge in [0.15, 0.2) is 6.10 Å². The molecule has 0 saturated heterocycles. The van der Waals surface area contributed by atoms with E-state index < -0.39 is 17.7 Å². The minimum Gasteiger partial charge on any atom is -0.467 e. The van der Waals surface area contributed by atoms with Gasteiger partial charge in [-0.2, -0.15) is 0 Å². The SMILES string of the molecule is CC.COC(=O)C(OC(C)(C)C)c1c(C)nc2c(c(C)c(C)n2CCC(C)C)c1-c1ccc(Cl)cc1. The van der Waals surface area contributed by atoms with Crippen molar-refractivity contribution in [2.24, 2.45) is 5.92 Å². The number of carbonyl (C=O) groups is 1. The van der Waals surface area contributed by atoms with Crippen LogP contribution in [0.2, 0.25) is 5.02 Å². The van der Waals surface area contributed by atoms with Gasteiger partial charge in [0.2, 0.25) is 0 Å². The van der Waals surface area contributed by atoms with Crippen molar-refractivity contribution in [3.05, 3.63) is 51.8 Å². The molecule has 1 aromatic carbocycles. The monoisotopic (exact) mass is 514 g/mol. The van der Waals surface area contributed by atoms with Gasteiger partial charge in [-0.15, -0.1) is 0 Å². The third-order valence-electron chi connectivity index (χ3n) is 6.20. The van der Waals surface area contributed by atoms with Gasteiger partial charge in [0.05, 0.1) is 12.7 Å². The number of hydrogen-bond acceptors (Lipinski definition) is 4. The average molecular weight is 515 g/mol. The molecule has 0 bridgehead atoms. The molecule has 6 heteroatoms. The van der Waals surface area contributed by atoms with E-state index in [0.717, 1.165) is 51.9 Å². The van der Waals surface area contributed by atoms with Gasteiger partial charge in [-0.05, 0) is 77.1 Å². The molecule has 5 nitrogen and oxygen atoms in total. The Morgan fingerprint density at radius 2 is 1.67 bits per heavy atom. The number of nitrogens with zero attached hydrogens (tertiary/aromatic N) is 2. The summed E-state index contributed by atoms with van der Waals surface area (Å²) in [5, 5.41) is 1.70. The summed E-state index contributed by atoms with van der Waals surface area (Å²) in [6.45, 7) is 21.4. The van der Waals surface area contributed by atoms with Crippen LogP contribution in [0.15, 0.2) is 24.3 Å². The summed E-state index contributed by atoms with van der Waals surface area (Å²) < 4.78 is 13.8. The van der Waals surface area contributed by atoms with Gasteiger partial charge >= 0.3 is 5.97 Å². The van der Waals surface area contributed by atoms with Crippen LogP contribution in [0.3, 0.4) is 0 Å². The lowest BCUT2D eigenvalue weighted by molar-refractivity contribution is -0.164. The molecule has 0 radical (unpaired) electrons. The van der Waals surface area contributed by atoms with Gasteiger partial charge in [0, 0.05) is 39.5 Å². The van der Waals surface area contributed by atoms with Crippen LogP contribution >= 0.6 is 11.6 Å². The van der Waals surface area contributed by atoms with Crippen molar-refractivity contribution in [2.45, 2.75) is 93.9 Å². The molecule has 0 aliphatic carbocycles. The molecule has 1 atom stereocenters. The van der Waals surface area contributed by atoms with Crippen molar-refractivity contribution < 1.29 is 14.3 Å². The van der Waals surface area contributed by atoms with Gasteiger partial charge in [0.1, 0.15) is 5.65 Å². The van der Waals surface area contributed by atoms with E-state index in [2.05, 4.69) is 32.3 Å². The zero-order valence-electron chi connectivity index (χ0n) is 23.9. The summed E-state index contributed by atoms with van der Waals surface area (Å²) in [6, 6.07) is 7.73. The first kappa shape index (κ1) is 29.9. The third kappa shape index (κ3) is 6.49. The number of methoxy groups -OCH3 is 1. The second-order valence-electron chi connectivity index (χ2n) is 10.4. The van der Waals surface area contributed by atoms with Gasteiger partial charge < -0.3 is 14.0 Å². The molecule has 0 aliphatic heterocycles. The van der Waals surface area contributed by atoms with Crippen LogP contribution in [0.1, 0.15) is 83.5 Å².